The maximum absolute atomic E-state index is 7.07. The minimum atomic E-state index is -0.176. The third kappa shape index (κ3) is 4.88. The topological polar surface area (TPSA) is 36.0 Å². The van der Waals surface area contributed by atoms with Crippen molar-refractivity contribution < 1.29 is 8.83 Å². The molecule has 0 aliphatic carbocycles. The molecule has 0 radical (unpaired) electrons. The van der Waals surface area contributed by atoms with E-state index in [1.165, 1.54) is 11.0 Å². The van der Waals surface area contributed by atoms with Crippen molar-refractivity contribution in [3.05, 3.63) is 182 Å². The van der Waals surface area contributed by atoms with E-state index in [0.717, 1.165) is 84.2 Å². The number of nitrogens with zero attached hydrogens (tertiary/aromatic N) is 3. The summed E-state index contributed by atoms with van der Waals surface area (Å²) in [5.41, 5.74) is 15.1. The van der Waals surface area contributed by atoms with Crippen LogP contribution in [-0.2, 0) is 5.41 Å². The second-order valence-electron chi connectivity index (χ2n) is 15.8. The van der Waals surface area contributed by atoms with Crippen molar-refractivity contribution in [2.75, 3.05) is 14.7 Å². The molecular formula is C50H38BN3O2. The number of hydrogen-bond acceptors (Lipinski definition) is 5. The largest absolute Gasteiger partial charge is 0.465 e. The highest BCUT2D eigenvalue weighted by atomic mass is 16.4. The van der Waals surface area contributed by atoms with E-state index in [0.29, 0.717) is 0 Å². The van der Waals surface area contributed by atoms with E-state index in [2.05, 4.69) is 205 Å². The van der Waals surface area contributed by atoms with Crippen LogP contribution in [-0.4, -0.2) is 6.71 Å². The average molecular weight is 724 g/mol. The van der Waals surface area contributed by atoms with Crippen molar-refractivity contribution in [3.8, 4) is 0 Å². The summed E-state index contributed by atoms with van der Waals surface area (Å²) in [6.07, 6.45) is 1.81. The van der Waals surface area contributed by atoms with Crippen molar-refractivity contribution >= 4 is 96.4 Å². The molecule has 268 valence electrons. The first-order valence-corrected chi connectivity index (χ1v) is 19.3. The minimum absolute atomic E-state index is 0.00923. The summed E-state index contributed by atoms with van der Waals surface area (Å²) >= 11 is 0. The molecule has 0 amide bonds. The van der Waals surface area contributed by atoms with Crippen LogP contribution in [0.2, 0.25) is 0 Å². The monoisotopic (exact) mass is 723 g/mol. The molecule has 0 saturated heterocycles. The lowest BCUT2D eigenvalue weighted by molar-refractivity contribution is 0.590. The molecule has 2 aliphatic rings. The van der Waals surface area contributed by atoms with Gasteiger partial charge in [-0.25, -0.2) is 0 Å². The van der Waals surface area contributed by atoms with E-state index in [1.807, 2.05) is 6.26 Å². The average Bonchev–Trinajstić information content (AvgIpc) is 3.87. The van der Waals surface area contributed by atoms with Gasteiger partial charge in [0.2, 0.25) is 5.88 Å². The van der Waals surface area contributed by atoms with Crippen LogP contribution >= 0.6 is 0 Å². The first-order valence-electron chi connectivity index (χ1n) is 19.3. The van der Waals surface area contributed by atoms with Gasteiger partial charge in [-0.1, -0.05) is 106 Å². The predicted octanol–water partition coefficient (Wildman–Crippen LogP) is 12.0. The van der Waals surface area contributed by atoms with Crippen LogP contribution < -0.4 is 31.1 Å². The number of rotatable bonds is 5. The molecule has 0 fully saturated rings. The van der Waals surface area contributed by atoms with Gasteiger partial charge in [0, 0.05) is 56.0 Å². The normalized spacial score (nSPS) is 13.2. The van der Waals surface area contributed by atoms with E-state index in [4.69, 9.17) is 8.83 Å². The zero-order valence-electron chi connectivity index (χ0n) is 31.5. The lowest BCUT2D eigenvalue weighted by Crippen LogP contribution is -2.61. The van der Waals surface area contributed by atoms with E-state index in [9.17, 15) is 0 Å². The molecule has 6 heteroatoms. The van der Waals surface area contributed by atoms with Crippen LogP contribution in [0.4, 0.5) is 51.4 Å². The Labute approximate surface area is 326 Å². The molecule has 9 aromatic rings. The quantitative estimate of drug-likeness (QED) is 0.165. The van der Waals surface area contributed by atoms with Gasteiger partial charge in [-0.2, -0.15) is 0 Å². The summed E-state index contributed by atoms with van der Waals surface area (Å²) in [6.45, 7) is 6.61. The minimum Gasteiger partial charge on any atom is -0.465 e. The predicted molar refractivity (Wildman–Crippen MR) is 233 cm³/mol. The molecule has 0 N–H and O–H groups in total. The molecule has 4 heterocycles. The number of fused-ring (bicyclic) bond motifs is 8. The van der Waals surface area contributed by atoms with Crippen LogP contribution in [0.15, 0.2) is 185 Å². The molecule has 7 aromatic carbocycles. The first kappa shape index (κ1) is 32.5. The number of benzene rings is 7. The lowest BCUT2D eigenvalue weighted by atomic mass is 9.33. The fourth-order valence-electron chi connectivity index (χ4n) is 8.91. The van der Waals surface area contributed by atoms with Crippen LogP contribution in [0.1, 0.15) is 26.3 Å². The highest BCUT2D eigenvalue weighted by molar-refractivity contribution is 7.02. The van der Waals surface area contributed by atoms with Gasteiger partial charge in [0.15, 0.2) is 0 Å². The summed E-state index contributed by atoms with van der Waals surface area (Å²) in [5, 5.41) is 2.18. The highest BCUT2D eigenvalue weighted by Crippen LogP contribution is 2.49. The lowest BCUT2D eigenvalue weighted by Gasteiger charge is -2.43. The zero-order valence-corrected chi connectivity index (χ0v) is 31.5. The van der Waals surface area contributed by atoms with E-state index < -0.39 is 0 Å². The summed E-state index contributed by atoms with van der Waals surface area (Å²) in [6, 6.07) is 60.8. The Morgan fingerprint density at radius 2 is 1.12 bits per heavy atom. The van der Waals surface area contributed by atoms with Crippen LogP contribution in [0.3, 0.4) is 0 Å². The van der Waals surface area contributed by atoms with E-state index in [1.54, 1.807) is 0 Å². The number of hydrogen-bond donors (Lipinski definition) is 0. The summed E-state index contributed by atoms with van der Waals surface area (Å²) in [5.74, 6) is 0.823. The van der Waals surface area contributed by atoms with E-state index in [-0.39, 0.29) is 12.1 Å². The van der Waals surface area contributed by atoms with Crippen LogP contribution in [0.5, 0.6) is 0 Å². The molecule has 0 atom stereocenters. The van der Waals surface area contributed by atoms with Gasteiger partial charge in [0.1, 0.15) is 11.2 Å². The number of furan rings is 2. The van der Waals surface area contributed by atoms with Gasteiger partial charge in [0.25, 0.3) is 6.71 Å². The van der Waals surface area contributed by atoms with Crippen molar-refractivity contribution in [3.63, 3.8) is 0 Å². The highest BCUT2D eigenvalue weighted by Gasteiger charge is 2.48. The maximum atomic E-state index is 7.07. The van der Waals surface area contributed by atoms with Gasteiger partial charge in [-0.15, -0.1) is 0 Å². The van der Waals surface area contributed by atoms with Gasteiger partial charge in [0.05, 0.1) is 12.0 Å². The molecule has 0 spiro atoms. The Morgan fingerprint density at radius 1 is 0.518 bits per heavy atom. The standard InChI is InChI=1S/C50H38BN3O2/c1-50(2,3)34-24-26-38(27-25-34)54-43-32-39(52(35-15-7-4-8-16-35)36-17-9-5-10-18-36)31-42-46(43)51(45-40-21-13-14-22-44(40)56-49(45)54)47-41(28-23-33-29-30-55-48(33)47)53(42)37-19-11-6-12-20-37/h4-32H,1-3H3. The third-order valence-electron chi connectivity index (χ3n) is 11.5. The van der Waals surface area contributed by atoms with Crippen molar-refractivity contribution in [2.45, 2.75) is 26.2 Å². The number of para-hydroxylation sites is 4. The molecule has 0 saturated carbocycles. The van der Waals surface area contributed by atoms with Crippen molar-refractivity contribution in [1.82, 2.24) is 0 Å². The Hall–Kier alpha value is -6.92. The second-order valence-corrected chi connectivity index (χ2v) is 15.8. The molecule has 0 bridgehead atoms. The van der Waals surface area contributed by atoms with Crippen molar-refractivity contribution in [2.24, 2.45) is 0 Å². The number of anilines is 9. The summed E-state index contributed by atoms with van der Waals surface area (Å²) in [7, 11) is 0. The first-order chi connectivity index (χ1) is 27.4. The fraction of sp³-hybridized carbons (Fsp3) is 0.0800. The smallest absolute Gasteiger partial charge is 0.262 e. The molecule has 11 rings (SSSR count). The molecule has 0 unspecified atom stereocenters. The molecule has 56 heavy (non-hydrogen) atoms. The van der Waals surface area contributed by atoms with Gasteiger partial charge < -0.3 is 18.6 Å². The Morgan fingerprint density at radius 3 is 1.80 bits per heavy atom. The molecule has 5 nitrogen and oxygen atoms in total. The summed E-state index contributed by atoms with van der Waals surface area (Å²) in [4.78, 5) is 7.14. The SMILES string of the molecule is CC(C)(C)c1ccc(N2c3cc(N(c4ccccc4)c4ccccc4)cc4c3B(c3c2oc2ccccc32)c2c(ccc3ccoc23)N4c2ccccc2)cc1. The second kappa shape index (κ2) is 12.3. The third-order valence-corrected chi connectivity index (χ3v) is 11.5. The molecule has 2 aliphatic heterocycles. The summed E-state index contributed by atoms with van der Waals surface area (Å²) < 4.78 is 13.5. The van der Waals surface area contributed by atoms with Gasteiger partial charge >= 0.3 is 0 Å². The fourth-order valence-corrected chi connectivity index (χ4v) is 8.91. The van der Waals surface area contributed by atoms with Gasteiger partial charge in [-0.05, 0) is 107 Å². The Kier molecular flexibility index (Phi) is 7.14. The molecule has 2 aromatic heterocycles. The molecular weight excluding hydrogens is 685 g/mol. The Bertz CT molecular complexity index is 2870. The zero-order chi connectivity index (χ0) is 37.5. The van der Waals surface area contributed by atoms with Gasteiger partial charge in [-0.3, -0.25) is 4.90 Å². The van der Waals surface area contributed by atoms with E-state index >= 15 is 0 Å². The van der Waals surface area contributed by atoms with Crippen LogP contribution in [0, 0.1) is 0 Å². The van der Waals surface area contributed by atoms with Crippen molar-refractivity contribution in [1.29, 1.82) is 0 Å². The Balaban J connectivity index is 1.29. The van der Waals surface area contributed by atoms with Crippen LogP contribution in [0.25, 0.3) is 21.9 Å². The maximum Gasteiger partial charge on any atom is 0.262 e.